The van der Waals surface area contributed by atoms with Gasteiger partial charge < -0.3 is 10.2 Å². The second-order valence-corrected chi connectivity index (χ2v) is 5.14. The summed E-state index contributed by atoms with van der Waals surface area (Å²) in [6, 6.07) is 0.553. The normalized spacial score (nSPS) is 63.5. The number of aliphatic hydroxyl groups excluding tert-OH is 1. The molecule has 3 heteroatoms. The van der Waals surface area contributed by atoms with E-state index in [1.807, 2.05) is 0 Å². The van der Waals surface area contributed by atoms with Gasteiger partial charge in [0.25, 0.3) is 0 Å². The van der Waals surface area contributed by atoms with E-state index in [1.54, 1.807) is 0 Å². The molecule has 1 saturated heterocycles. The van der Waals surface area contributed by atoms with Crippen LogP contribution in [0.2, 0.25) is 0 Å². The third kappa shape index (κ3) is 0.767. The predicted molar refractivity (Wildman–Crippen MR) is 48.3 cm³/mol. The van der Waals surface area contributed by atoms with Crippen molar-refractivity contribution in [2.24, 2.45) is 5.92 Å². The highest BCUT2D eigenvalue weighted by molar-refractivity contribution is 5.28. The van der Waals surface area contributed by atoms with Crippen molar-refractivity contribution in [2.45, 2.75) is 42.9 Å². The van der Waals surface area contributed by atoms with Gasteiger partial charge in [-0.15, -0.1) is 0 Å². The van der Waals surface area contributed by atoms with Gasteiger partial charge in [0.1, 0.15) is 0 Å². The Labute approximate surface area is 78.4 Å². The summed E-state index contributed by atoms with van der Waals surface area (Å²) in [5.41, 5.74) is -0.314. The third-order valence-electron chi connectivity index (χ3n) is 4.73. The first-order chi connectivity index (χ1) is 6.12. The summed E-state index contributed by atoms with van der Waals surface area (Å²) in [4.78, 5) is 2.40. The Hall–Kier alpha value is -0.120. The van der Waals surface area contributed by atoms with Crippen molar-refractivity contribution in [3.63, 3.8) is 0 Å². The lowest BCUT2D eigenvalue weighted by molar-refractivity contribution is -0.0728. The molecule has 3 nitrogen and oxygen atoms in total. The summed E-state index contributed by atoms with van der Waals surface area (Å²) >= 11 is 0. The molecule has 3 rings (SSSR count). The van der Waals surface area contributed by atoms with Crippen LogP contribution < -0.4 is 0 Å². The monoisotopic (exact) mass is 183 g/mol. The molecule has 0 aromatic heterocycles. The zero-order valence-electron chi connectivity index (χ0n) is 8.03. The van der Waals surface area contributed by atoms with Gasteiger partial charge in [0, 0.05) is 11.6 Å². The maximum Gasteiger partial charge on any atom is 0.0896 e. The fourth-order valence-corrected chi connectivity index (χ4v) is 3.74. The molecule has 0 amide bonds. The molecule has 1 heterocycles. The lowest BCUT2D eigenvalue weighted by atomic mass is 9.61. The zero-order valence-corrected chi connectivity index (χ0v) is 8.03. The SMILES string of the molecule is CN1C2CC(O)(CO)CC3CCC321. The summed E-state index contributed by atoms with van der Waals surface area (Å²) in [5, 5.41) is 19.2. The highest BCUT2D eigenvalue weighted by atomic mass is 16.3. The van der Waals surface area contributed by atoms with Crippen LogP contribution in [-0.4, -0.2) is 45.9 Å². The number of likely N-dealkylation sites (tertiary alicyclic amines) is 1. The van der Waals surface area contributed by atoms with Crippen LogP contribution in [0.15, 0.2) is 0 Å². The van der Waals surface area contributed by atoms with E-state index >= 15 is 0 Å². The summed E-state index contributed by atoms with van der Waals surface area (Å²) < 4.78 is 0. The lowest BCUT2D eigenvalue weighted by Crippen LogP contribution is -2.51. The van der Waals surface area contributed by atoms with E-state index in [9.17, 15) is 5.11 Å². The number of rotatable bonds is 1. The summed E-state index contributed by atoms with van der Waals surface area (Å²) in [7, 11) is 2.15. The number of aliphatic hydroxyl groups is 2. The van der Waals surface area contributed by atoms with Crippen molar-refractivity contribution < 1.29 is 10.2 Å². The Bertz CT molecular complexity index is 245. The average molecular weight is 183 g/mol. The van der Waals surface area contributed by atoms with Crippen molar-refractivity contribution in [2.75, 3.05) is 13.7 Å². The Morgan fingerprint density at radius 1 is 1.46 bits per heavy atom. The van der Waals surface area contributed by atoms with Crippen molar-refractivity contribution in [3.05, 3.63) is 0 Å². The van der Waals surface area contributed by atoms with Gasteiger partial charge in [-0.05, 0) is 38.6 Å². The molecular weight excluding hydrogens is 166 g/mol. The summed E-state index contributed by atoms with van der Waals surface area (Å²) in [6.07, 6.45) is 4.13. The van der Waals surface area contributed by atoms with Crippen LogP contribution in [0.25, 0.3) is 0 Å². The summed E-state index contributed by atoms with van der Waals surface area (Å²) in [6.45, 7) is -0.0656. The smallest absolute Gasteiger partial charge is 0.0896 e. The standard InChI is InChI=1S/C10H17NO2/c1-11-8-5-9(13,6-12)4-7-2-3-10(7,8)11/h7-8,12-13H,2-6H2,1H3. The maximum absolute atomic E-state index is 10.0. The van der Waals surface area contributed by atoms with Crippen LogP contribution in [0.5, 0.6) is 0 Å². The first kappa shape index (κ1) is 8.21. The molecule has 74 valence electrons. The van der Waals surface area contributed by atoms with Crippen LogP contribution in [0.1, 0.15) is 25.7 Å². The van der Waals surface area contributed by atoms with Gasteiger partial charge in [0.2, 0.25) is 0 Å². The molecule has 1 spiro atoms. The minimum absolute atomic E-state index is 0.0656. The molecular formula is C10H17NO2. The molecule has 5 atom stereocenters. The number of likely N-dealkylation sites (N-methyl/N-ethyl adjacent to an activating group) is 1. The Balaban J connectivity index is 1.85. The summed E-state index contributed by atoms with van der Waals surface area (Å²) in [5.74, 6) is 0.647. The van der Waals surface area contributed by atoms with Crippen molar-refractivity contribution >= 4 is 0 Å². The molecule has 2 N–H and O–H groups in total. The van der Waals surface area contributed by atoms with E-state index in [0.717, 1.165) is 12.8 Å². The largest absolute Gasteiger partial charge is 0.393 e. The van der Waals surface area contributed by atoms with E-state index in [0.29, 0.717) is 17.5 Å². The first-order valence-electron chi connectivity index (χ1n) is 5.19. The first-order valence-corrected chi connectivity index (χ1v) is 5.19. The highest BCUT2D eigenvalue weighted by Gasteiger charge is 2.72. The fourth-order valence-electron chi connectivity index (χ4n) is 3.74. The van der Waals surface area contributed by atoms with Gasteiger partial charge in [-0.2, -0.15) is 0 Å². The Morgan fingerprint density at radius 3 is 2.69 bits per heavy atom. The van der Waals surface area contributed by atoms with Gasteiger partial charge in [0.05, 0.1) is 12.2 Å². The minimum atomic E-state index is -0.774. The molecule has 0 aromatic carbocycles. The topological polar surface area (TPSA) is 43.5 Å². The van der Waals surface area contributed by atoms with Crippen LogP contribution in [-0.2, 0) is 0 Å². The molecule has 3 aliphatic rings. The Morgan fingerprint density at radius 2 is 2.23 bits per heavy atom. The van der Waals surface area contributed by atoms with Gasteiger partial charge in [-0.1, -0.05) is 0 Å². The van der Waals surface area contributed by atoms with Crippen LogP contribution in [0.4, 0.5) is 0 Å². The zero-order chi connectivity index (χ0) is 9.27. The van der Waals surface area contributed by atoms with Gasteiger partial charge >= 0.3 is 0 Å². The van der Waals surface area contributed by atoms with Gasteiger partial charge in [0.15, 0.2) is 0 Å². The molecule has 13 heavy (non-hydrogen) atoms. The van der Waals surface area contributed by atoms with Crippen molar-refractivity contribution in [3.8, 4) is 0 Å². The predicted octanol–water partition coefficient (Wildman–Crippen LogP) is -0.0336. The minimum Gasteiger partial charge on any atom is -0.393 e. The van der Waals surface area contributed by atoms with E-state index in [-0.39, 0.29) is 6.61 Å². The Kier molecular flexibility index (Phi) is 1.33. The molecule has 2 aliphatic carbocycles. The maximum atomic E-state index is 10.0. The van der Waals surface area contributed by atoms with E-state index in [2.05, 4.69) is 11.9 Å². The molecule has 1 aliphatic heterocycles. The van der Waals surface area contributed by atoms with E-state index in [4.69, 9.17) is 5.11 Å². The van der Waals surface area contributed by atoms with Crippen molar-refractivity contribution in [1.82, 2.24) is 4.90 Å². The van der Waals surface area contributed by atoms with Crippen LogP contribution in [0, 0.1) is 5.92 Å². The lowest BCUT2D eigenvalue weighted by Gasteiger charge is -2.46. The van der Waals surface area contributed by atoms with E-state index in [1.165, 1.54) is 12.8 Å². The van der Waals surface area contributed by atoms with Crippen molar-refractivity contribution in [1.29, 1.82) is 0 Å². The average Bonchev–Trinajstić information content (AvgIpc) is 2.68. The molecule has 5 unspecified atom stereocenters. The highest BCUT2D eigenvalue weighted by Crippen LogP contribution is 2.65. The number of nitrogens with zero attached hydrogens (tertiary/aromatic N) is 1. The molecule has 0 radical (unpaired) electrons. The molecule has 0 aromatic rings. The number of hydrogen-bond acceptors (Lipinski definition) is 3. The van der Waals surface area contributed by atoms with Crippen LogP contribution >= 0.6 is 0 Å². The fraction of sp³-hybridized carbons (Fsp3) is 1.00. The second kappa shape index (κ2) is 2.10. The molecule has 3 fully saturated rings. The van der Waals surface area contributed by atoms with E-state index < -0.39 is 5.60 Å². The second-order valence-electron chi connectivity index (χ2n) is 5.14. The third-order valence-corrected chi connectivity index (χ3v) is 4.73. The molecule has 0 bridgehead atoms. The van der Waals surface area contributed by atoms with Crippen LogP contribution in [0.3, 0.4) is 0 Å². The number of hydrogen-bond donors (Lipinski definition) is 2. The van der Waals surface area contributed by atoms with Gasteiger partial charge in [-0.25, -0.2) is 0 Å². The molecule has 2 saturated carbocycles. The van der Waals surface area contributed by atoms with Gasteiger partial charge in [-0.3, -0.25) is 4.90 Å². The quantitative estimate of drug-likeness (QED) is 0.561.